The molecule has 1 fully saturated rings. The topological polar surface area (TPSA) is 9.23 Å². The molecule has 1 unspecified atom stereocenters. The second-order valence-corrected chi connectivity index (χ2v) is 3.77. The molecule has 1 heterocycles. The Hall–Kier alpha value is -1.08. The fourth-order valence-electron chi connectivity index (χ4n) is 1.81. The van der Waals surface area contributed by atoms with Crippen molar-refractivity contribution in [3.05, 3.63) is 42.0 Å². The first kappa shape index (κ1) is 9.47. The van der Waals surface area contributed by atoms with E-state index in [-0.39, 0.29) is 0 Å². The molecule has 74 valence electrons. The molecule has 1 aromatic carbocycles. The Balaban J connectivity index is 2.10. The number of rotatable bonds is 2. The van der Waals surface area contributed by atoms with Gasteiger partial charge >= 0.3 is 0 Å². The lowest BCUT2D eigenvalue weighted by molar-refractivity contribution is 0.146. The fourth-order valence-corrected chi connectivity index (χ4v) is 1.81. The summed E-state index contributed by atoms with van der Waals surface area (Å²) in [5.41, 5.74) is 2.61. The molecular weight excluding hydrogens is 172 g/mol. The smallest absolute Gasteiger partial charge is 0.0762 e. The molecule has 1 nitrogen and oxygen atoms in total. The van der Waals surface area contributed by atoms with Gasteiger partial charge in [0.2, 0.25) is 0 Å². The van der Waals surface area contributed by atoms with E-state index in [0.29, 0.717) is 6.10 Å². The predicted molar refractivity (Wildman–Crippen MR) is 59.1 cm³/mol. The number of hydrogen-bond donors (Lipinski definition) is 0. The van der Waals surface area contributed by atoms with E-state index in [1.807, 2.05) is 6.07 Å². The van der Waals surface area contributed by atoms with Crippen LogP contribution in [0.1, 0.15) is 25.3 Å². The van der Waals surface area contributed by atoms with Crippen LogP contribution in [0.3, 0.4) is 0 Å². The maximum atomic E-state index is 5.57. The lowest BCUT2D eigenvalue weighted by Crippen LogP contribution is -2.00. The summed E-state index contributed by atoms with van der Waals surface area (Å²) in [4.78, 5) is 0. The molecule has 0 spiro atoms. The third-order valence-corrected chi connectivity index (χ3v) is 2.63. The highest BCUT2D eigenvalue weighted by molar-refractivity contribution is 5.63. The maximum absolute atomic E-state index is 5.57. The first-order valence-electron chi connectivity index (χ1n) is 5.22. The Kier molecular flexibility index (Phi) is 3.00. The average molecular weight is 188 g/mol. The molecule has 0 radical (unpaired) electrons. The van der Waals surface area contributed by atoms with E-state index in [9.17, 15) is 0 Å². The van der Waals surface area contributed by atoms with Crippen LogP contribution in [0.5, 0.6) is 0 Å². The van der Waals surface area contributed by atoms with Gasteiger partial charge in [-0.3, -0.25) is 0 Å². The van der Waals surface area contributed by atoms with Crippen LogP contribution < -0.4 is 0 Å². The molecule has 14 heavy (non-hydrogen) atoms. The van der Waals surface area contributed by atoms with E-state index < -0.39 is 0 Å². The normalized spacial score (nSPS) is 22.6. The van der Waals surface area contributed by atoms with Crippen LogP contribution in [0.25, 0.3) is 5.57 Å². The number of ether oxygens (including phenoxy) is 1. The van der Waals surface area contributed by atoms with Crippen LogP contribution in [-0.2, 0) is 4.74 Å². The maximum Gasteiger partial charge on any atom is 0.0762 e. The summed E-state index contributed by atoms with van der Waals surface area (Å²) < 4.78 is 5.57. The van der Waals surface area contributed by atoms with Gasteiger partial charge in [-0.1, -0.05) is 36.4 Å². The van der Waals surface area contributed by atoms with E-state index in [0.717, 1.165) is 6.61 Å². The highest BCUT2D eigenvalue weighted by Crippen LogP contribution is 2.19. The van der Waals surface area contributed by atoms with Gasteiger partial charge in [-0.2, -0.15) is 0 Å². The lowest BCUT2D eigenvalue weighted by atomic mass is 10.1. The molecule has 2 rings (SSSR count). The molecule has 0 aliphatic carbocycles. The highest BCUT2D eigenvalue weighted by atomic mass is 16.5. The summed E-state index contributed by atoms with van der Waals surface area (Å²) in [5, 5.41) is 0. The predicted octanol–water partition coefficient (Wildman–Crippen LogP) is 3.27. The minimum Gasteiger partial charge on any atom is -0.374 e. The zero-order valence-electron chi connectivity index (χ0n) is 8.57. The zero-order valence-corrected chi connectivity index (χ0v) is 8.57. The van der Waals surface area contributed by atoms with Crippen LogP contribution in [0.4, 0.5) is 0 Å². The summed E-state index contributed by atoms with van der Waals surface area (Å²) in [6.07, 6.45) is 4.95. The van der Waals surface area contributed by atoms with Crippen molar-refractivity contribution >= 4 is 5.57 Å². The molecule has 0 bridgehead atoms. The van der Waals surface area contributed by atoms with Gasteiger partial charge in [0.05, 0.1) is 6.10 Å². The van der Waals surface area contributed by atoms with Crippen LogP contribution in [0.2, 0.25) is 0 Å². The molecule has 1 aliphatic heterocycles. The third-order valence-electron chi connectivity index (χ3n) is 2.63. The Labute approximate surface area is 85.4 Å². The third kappa shape index (κ3) is 2.24. The van der Waals surface area contributed by atoms with Gasteiger partial charge in [-0.15, -0.1) is 0 Å². The monoisotopic (exact) mass is 188 g/mol. The molecule has 0 N–H and O–H groups in total. The molecule has 1 heteroatoms. The summed E-state index contributed by atoms with van der Waals surface area (Å²) >= 11 is 0. The zero-order chi connectivity index (χ0) is 9.80. The molecular formula is C13H16O. The van der Waals surface area contributed by atoms with Crippen molar-refractivity contribution in [1.82, 2.24) is 0 Å². The lowest BCUT2D eigenvalue weighted by Gasteiger charge is -2.06. The minimum absolute atomic E-state index is 0.343. The largest absolute Gasteiger partial charge is 0.374 e. The Morgan fingerprint density at radius 1 is 1.36 bits per heavy atom. The van der Waals surface area contributed by atoms with Crippen LogP contribution in [-0.4, -0.2) is 12.7 Å². The standard InChI is InChI=1S/C13H16O/c1-11(10-13-8-5-9-14-13)12-6-3-2-4-7-12/h2-4,6-7,10,13H,5,8-9H2,1H3/b11-10-. The van der Waals surface area contributed by atoms with Gasteiger partial charge in [-0.05, 0) is 30.9 Å². The van der Waals surface area contributed by atoms with E-state index in [1.54, 1.807) is 0 Å². The van der Waals surface area contributed by atoms with E-state index in [2.05, 4.69) is 37.3 Å². The average Bonchev–Trinajstić information content (AvgIpc) is 2.72. The second-order valence-electron chi connectivity index (χ2n) is 3.77. The molecule has 1 saturated heterocycles. The molecule has 0 saturated carbocycles. The van der Waals surface area contributed by atoms with Crippen molar-refractivity contribution in [2.45, 2.75) is 25.9 Å². The van der Waals surface area contributed by atoms with Gasteiger partial charge < -0.3 is 4.74 Å². The molecule has 1 aliphatic rings. The first-order valence-corrected chi connectivity index (χ1v) is 5.22. The van der Waals surface area contributed by atoms with Crippen LogP contribution >= 0.6 is 0 Å². The Bertz CT molecular complexity index is 307. The van der Waals surface area contributed by atoms with Crippen molar-refractivity contribution < 1.29 is 4.74 Å². The van der Waals surface area contributed by atoms with Gasteiger partial charge in [-0.25, -0.2) is 0 Å². The van der Waals surface area contributed by atoms with Crippen molar-refractivity contribution in [3.63, 3.8) is 0 Å². The number of allylic oxidation sites excluding steroid dienone is 1. The summed E-state index contributed by atoms with van der Waals surface area (Å²) in [7, 11) is 0. The number of benzene rings is 1. The van der Waals surface area contributed by atoms with Crippen LogP contribution in [0, 0.1) is 0 Å². The SMILES string of the molecule is C/C(=C/C1CCCO1)c1ccccc1. The van der Waals surface area contributed by atoms with Gasteiger partial charge in [0.1, 0.15) is 0 Å². The number of hydrogen-bond acceptors (Lipinski definition) is 1. The summed E-state index contributed by atoms with van der Waals surface area (Å²) in [6.45, 7) is 3.07. The first-order chi connectivity index (χ1) is 6.86. The van der Waals surface area contributed by atoms with Gasteiger partial charge in [0.15, 0.2) is 0 Å². The molecule has 1 aromatic rings. The van der Waals surface area contributed by atoms with E-state index >= 15 is 0 Å². The highest BCUT2D eigenvalue weighted by Gasteiger charge is 2.12. The van der Waals surface area contributed by atoms with Crippen molar-refractivity contribution in [2.24, 2.45) is 0 Å². The molecule has 0 amide bonds. The van der Waals surface area contributed by atoms with Crippen molar-refractivity contribution in [3.8, 4) is 0 Å². The fraction of sp³-hybridized carbons (Fsp3) is 0.385. The minimum atomic E-state index is 0.343. The molecule has 1 atom stereocenters. The van der Waals surface area contributed by atoms with Crippen molar-refractivity contribution in [2.75, 3.05) is 6.61 Å². The summed E-state index contributed by atoms with van der Waals surface area (Å²) in [6, 6.07) is 10.5. The second kappa shape index (κ2) is 4.43. The van der Waals surface area contributed by atoms with E-state index in [1.165, 1.54) is 24.0 Å². The quantitative estimate of drug-likeness (QED) is 0.692. The Morgan fingerprint density at radius 2 is 2.14 bits per heavy atom. The van der Waals surface area contributed by atoms with Crippen molar-refractivity contribution in [1.29, 1.82) is 0 Å². The van der Waals surface area contributed by atoms with Crippen LogP contribution in [0.15, 0.2) is 36.4 Å². The van der Waals surface area contributed by atoms with E-state index in [4.69, 9.17) is 4.74 Å². The van der Waals surface area contributed by atoms with Gasteiger partial charge in [0.25, 0.3) is 0 Å². The Morgan fingerprint density at radius 3 is 2.79 bits per heavy atom. The van der Waals surface area contributed by atoms with Gasteiger partial charge in [0, 0.05) is 6.61 Å². The molecule has 0 aromatic heterocycles. The summed E-state index contributed by atoms with van der Waals surface area (Å²) in [5.74, 6) is 0.